The van der Waals surface area contributed by atoms with Gasteiger partial charge in [-0.2, -0.15) is 0 Å². The lowest BCUT2D eigenvalue weighted by atomic mass is 9.79. The lowest BCUT2D eigenvalue weighted by Gasteiger charge is -2.47. The molecule has 1 aromatic rings. The molecule has 4 N–H and O–H groups in total. The Balaban J connectivity index is 2.10. The summed E-state index contributed by atoms with van der Waals surface area (Å²) in [5.74, 6) is 0.232. The monoisotopic (exact) mass is 292 g/mol. The number of piperidine rings is 1. The van der Waals surface area contributed by atoms with Gasteiger partial charge in [-0.3, -0.25) is 0 Å². The van der Waals surface area contributed by atoms with E-state index in [0.717, 1.165) is 18.4 Å². The average molecular weight is 292 g/mol. The van der Waals surface area contributed by atoms with Crippen molar-refractivity contribution in [3.63, 3.8) is 0 Å². The normalized spacial score (nSPS) is 22.9. The summed E-state index contributed by atoms with van der Waals surface area (Å²) in [5, 5.41) is 26.7. The summed E-state index contributed by atoms with van der Waals surface area (Å²) in [7, 11) is 0. The standard InChI is InChI=1S/C17H28N2O2/c1-11(14-7-6-13(20)8-15(14)21)18-12-9-16(2,3)19-17(4,5)10-12/h6-8,11-12,18-21H,9-10H2,1-5H3. The van der Waals surface area contributed by atoms with Crippen LogP contribution in [0.15, 0.2) is 18.2 Å². The van der Waals surface area contributed by atoms with Gasteiger partial charge in [0.15, 0.2) is 0 Å². The Bertz CT molecular complexity index is 496. The molecule has 2 rings (SSSR count). The van der Waals surface area contributed by atoms with E-state index in [-0.39, 0.29) is 28.6 Å². The molecule has 0 spiro atoms. The highest BCUT2D eigenvalue weighted by Gasteiger charge is 2.38. The van der Waals surface area contributed by atoms with Crippen LogP contribution in [0.2, 0.25) is 0 Å². The SMILES string of the molecule is CC(NC1CC(C)(C)NC(C)(C)C1)c1ccc(O)cc1O. The van der Waals surface area contributed by atoms with Crippen molar-refractivity contribution in [2.24, 2.45) is 0 Å². The Kier molecular flexibility index (Phi) is 4.22. The number of aromatic hydroxyl groups is 2. The van der Waals surface area contributed by atoms with Gasteiger partial charge < -0.3 is 20.8 Å². The summed E-state index contributed by atoms with van der Waals surface area (Å²) in [6.07, 6.45) is 2.08. The summed E-state index contributed by atoms with van der Waals surface area (Å²) in [4.78, 5) is 0. The zero-order valence-electron chi connectivity index (χ0n) is 13.7. The van der Waals surface area contributed by atoms with Crippen molar-refractivity contribution in [2.45, 2.75) is 70.6 Å². The van der Waals surface area contributed by atoms with Gasteiger partial charge in [0.25, 0.3) is 0 Å². The third kappa shape index (κ3) is 4.11. The van der Waals surface area contributed by atoms with Gasteiger partial charge in [-0.1, -0.05) is 6.07 Å². The molecule has 1 fully saturated rings. The molecule has 1 atom stereocenters. The van der Waals surface area contributed by atoms with Gasteiger partial charge in [-0.25, -0.2) is 0 Å². The average Bonchev–Trinajstić information content (AvgIpc) is 2.23. The fourth-order valence-corrected chi connectivity index (χ4v) is 3.78. The van der Waals surface area contributed by atoms with Crippen LogP contribution >= 0.6 is 0 Å². The number of phenols is 2. The van der Waals surface area contributed by atoms with Crippen LogP contribution in [-0.2, 0) is 0 Å². The van der Waals surface area contributed by atoms with Crippen LogP contribution in [0.25, 0.3) is 0 Å². The molecule has 1 aliphatic heterocycles. The number of hydrogen-bond donors (Lipinski definition) is 4. The van der Waals surface area contributed by atoms with Crippen molar-refractivity contribution in [3.8, 4) is 11.5 Å². The molecule has 0 aromatic heterocycles. The number of hydrogen-bond acceptors (Lipinski definition) is 4. The van der Waals surface area contributed by atoms with Crippen LogP contribution in [-0.4, -0.2) is 27.3 Å². The van der Waals surface area contributed by atoms with Crippen LogP contribution in [0.4, 0.5) is 0 Å². The molecule has 0 amide bonds. The molecule has 4 nitrogen and oxygen atoms in total. The molecule has 1 aliphatic rings. The molecular formula is C17H28N2O2. The summed E-state index contributed by atoms with van der Waals surface area (Å²) in [6.45, 7) is 11.0. The smallest absolute Gasteiger partial charge is 0.124 e. The fourth-order valence-electron chi connectivity index (χ4n) is 3.78. The highest BCUT2D eigenvalue weighted by molar-refractivity contribution is 5.40. The maximum Gasteiger partial charge on any atom is 0.124 e. The molecular weight excluding hydrogens is 264 g/mol. The molecule has 0 saturated carbocycles. The second-order valence-corrected chi connectivity index (χ2v) is 7.63. The van der Waals surface area contributed by atoms with Crippen molar-refractivity contribution < 1.29 is 10.2 Å². The van der Waals surface area contributed by atoms with Gasteiger partial charge >= 0.3 is 0 Å². The highest BCUT2D eigenvalue weighted by Crippen LogP contribution is 2.32. The number of rotatable bonds is 3. The Morgan fingerprint density at radius 3 is 2.24 bits per heavy atom. The van der Waals surface area contributed by atoms with E-state index < -0.39 is 0 Å². The van der Waals surface area contributed by atoms with E-state index in [4.69, 9.17) is 0 Å². The van der Waals surface area contributed by atoms with E-state index in [0.29, 0.717) is 6.04 Å². The van der Waals surface area contributed by atoms with E-state index in [1.165, 1.54) is 6.07 Å². The first-order chi connectivity index (χ1) is 9.58. The number of phenolic OH excluding ortho intramolecular Hbond substituents is 2. The molecule has 1 saturated heterocycles. The van der Waals surface area contributed by atoms with Crippen molar-refractivity contribution in [2.75, 3.05) is 0 Å². The molecule has 0 aliphatic carbocycles. The minimum atomic E-state index is 0.0419. The van der Waals surface area contributed by atoms with Gasteiger partial charge in [0, 0.05) is 34.8 Å². The first-order valence-electron chi connectivity index (χ1n) is 7.65. The van der Waals surface area contributed by atoms with Gasteiger partial charge in [-0.15, -0.1) is 0 Å². The number of benzene rings is 1. The molecule has 1 aromatic carbocycles. The molecule has 1 unspecified atom stereocenters. The quantitative estimate of drug-likeness (QED) is 0.691. The third-order valence-electron chi connectivity index (χ3n) is 4.16. The maximum atomic E-state index is 9.98. The van der Waals surface area contributed by atoms with E-state index in [9.17, 15) is 10.2 Å². The highest BCUT2D eigenvalue weighted by atomic mass is 16.3. The van der Waals surface area contributed by atoms with Crippen molar-refractivity contribution in [1.82, 2.24) is 10.6 Å². The van der Waals surface area contributed by atoms with E-state index in [1.807, 2.05) is 6.92 Å². The van der Waals surface area contributed by atoms with Crippen LogP contribution in [0.1, 0.15) is 59.1 Å². The summed E-state index contributed by atoms with van der Waals surface area (Å²) in [6, 6.07) is 5.22. The zero-order chi connectivity index (χ0) is 15.8. The van der Waals surface area contributed by atoms with E-state index in [2.05, 4.69) is 38.3 Å². The minimum Gasteiger partial charge on any atom is -0.508 e. The molecule has 0 bridgehead atoms. The van der Waals surface area contributed by atoms with Crippen molar-refractivity contribution in [3.05, 3.63) is 23.8 Å². The first-order valence-corrected chi connectivity index (χ1v) is 7.65. The summed E-state index contributed by atoms with van der Waals surface area (Å²) >= 11 is 0. The Labute approximate surface area is 127 Å². The van der Waals surface area contributed by atoms with Crippen molar-refractivity contribution >= 4 is 0 Å². The largest absolute Gasteiger partial charge is 0.508 e. The molecule has 4 heteroatoms. The van der Waals surface area contributed by atoms with E-state index >= 15 is 0 Å². The Morgan fingerprint density at radius 1 is 1.14 bits per heavy atom. The van der Waals surface area contributed by atoms with Gasteiger partial charge in [0.05, 0.1) is 0 Å². The second-order valence-electron chi connectivity index (χ2n) is 7.63. The van der Waals surface area contributed by atoms with Crippen LogP contribution in [0.3, 0.4) is 0 Å². The lowest BCUT2D eigenvalue weighted by molar-refractivity contribution is 0.140. The fraction of sp³-hybridized carbons (Fsp3) is 0.647. The molecule has 118 valence electrons. The van der Waals surface area contributed by atoms with Gasteiger partial charge in [0.1, 0.15) is 11.5 Å². The topological polar surface area (TPSA) is 64.5 Å². The zero-order valence-corrected chi connectivity index (χ0v) is 13.7. The van der Waals surface area contributed by atoms with E-state index in [1.54, 1.807) is 12.1 Å². The van der Waals surface area contributed by atoms with Gasteiger partial charge in [0.2, 0.25) is 0 Å². The first kappa shape index (κ1) is 16.1. The van der Waals surface area contributed by atoms with Crippen LogP contribution in [0, 0.1) is 0 Å². The predicted octanol–water partition coefficient (Wildman–Crippen LogP) is 3.06. The number of nitrogens with one attached hydrogen (secondary N) is 2. The lowest BCUT2D eigenvalue weighted by Crippen LogP contribution is -2.61. The predicted molar refractivity (Wildman–Crippen MR) is 85.6 cm³/mol. The maximum absolute atomic E-state index is 9.98. The van der Waals surface area contributed by atoms with Gasteiger partial charge in [-0.05, 0) is 53.5 Å². The van der Waals surface area contributed by atoms with Crippen molar-refractivity contribution in [1.29, 1.82) is 0 Å². The summed E-state index contributed by atoms with van der Waals surface area (Å²) in [5.41, 5.74) is 1.01. The second kappa shape index (κ2) is 5.50. The Hall–Kier alpha value is -1.26. The summed E-state index contributed by atoms with van der Waals surface area (Å²) < 4.78 is 0. The molecule has 0 radical (unpaired) electrons. The minimum absolute atomic E-state index is 0.0419. The Morgan fingerprint density at radius 2 is 1.71 bits per heavy atom. The molecule has 21 heavy (non-hydrogen) atoms. The van der Waals surface area contributed by atoms with Crippen LogP contribution in [0.5, 0.6) is 11.5 Å². The molecule has 1 heterocycles. The third-order valence-corrected chi connectivity index (χ3v) is 4.16. The van der Waals surface area contributed by atoms with Crippen LogP contribution < -0.4 is 10.6 Å².